The van der Waals surface area contributed by atoms with E-state index < -0.39 is 0 Å². The molecule has 6 nitrogen and oxygen atoms in total. The van der Waals surface area contributed by atoms with Crippen LogP contribution in [0.25, 0.3) is 11.3 Å². The largest absolute Gasteiger partial charge is 0.361 e. The summed E-state index contributed by atoms with van der Waals surface area (Å²) < 4.78 is 6.89. The van der Waals surface area contributed by atoms with Crippen LogP contribution in [0.2, 0.25) is 5.02 Å². The Hall–Kier alpha value is -3.38. The summed E-state index contributed by atoms with van der Waals surface area (Å²) in [6.07, 6.45) is 1.96. The van der Waals surface area contributed by atoms with Crippen molar-refractivity contribution in [1.29, 1.82) is 0 Å². The van der Waals surface area contributed by atoms with E-state index in [2.05, 4.69) is 5.16 Å². The molecule has 0 atom stereocenters. The van der Waals surface area contributed by atoms with Crippen molar-refractivity contribution in [3.8, 4) is 11.3 Å². The van der Waals surface area contributed by atoms with Gasteiger partial charge in [-0.25, -0.2) is 0 Å². The van der Waals surface area contributed by atoms with Crippen LogP contribution in [0, 0.1) is 6.92 Å². The summed E-state index contributed by atoms with van der Waals surface area (Å²) >= 11 is 6.32. The zero-order valence-electron chi connectivity index (χ0n) is 16.7. The van der Waals surface area contributed by atoms with Gasteiger partial charge in [-0.15, -0.1) is 0 Å². The van der Waals surface area contributed by atoms with Crippen LogP contribution in [0.3, 0.4) is 0 Å². The van der Waals surface area contributed by atoms with Crippen LogP contribution in [0.5, 0.6) is 0 Å². The maximum Gasteiger partial charge on any atom is 0.276 e. The minimum atomic E-state index is -0.204. The van der Waals surface area contributed by atoms with Crippen molar-refractivity contribution in [3.63, 3.8) is 0 Å². The maximum atomic E-state index is 12.7. The highest BCUT2D eigenvalue weighted by Crippen LogP contribution is 2.25. The van der Waals surface area contributed by atoms with Crippen molar-refractivity contribution in [1.82, 2.24) is 19.8 Å². The van der Waals surface area contributed by atoms with Crippen molar-refractivity contribution < 1.29 is 9.32 Å². The van der Waals surface area contributed by atoms with Crippen molar-refractivity contribution in [2.45, 2.75) is 20.0 Å². The first-order valence-corrected chi connectivity index (χ1v) is 9.93. The first-order chi connectivity index (χ1) is 14.5. The minimum Gasteiger partial charge on any atom is -0.361 e. The highest BCUT2D eigenvalue weighted by molar-refractivity contribution is 6.31. The quantitative estimate of drug-likeness (QED) is 0.448. The van der Waals surface area contributed by atoms with Crippen molar-refractivity contribution in [3.05, 3.63) is 94.5 Å². The van der Waals surface area contributed by atoms with E-state index in [1.165, 1.54) is 0 Å². The number of carbonyl (C=O) groups is 1. The predicted molar refractivity (Wildman–Crippen MR) is 115 cm³/mol. The molecule has 0 bridgehead atoms. The molecule has 4 rings (SSSR count). The summed E-state index contributed by atoms with van der Waals surface area (Å²) in [6, 6.07) is 19.3. The zero-order valence-corrected chi connectivity index (χ0v) is 17.5. The third-order valence-corrected chi connectivity index (χ3v) is 5.14. The van der Waals surface area contributed by atoms with E-state index in [4.69, 9.17) is 21.2 Å². The normalized spacial score (nSPS) is 10.9. The smallest absolute Gasteiger partial charge is 0.276 e. The number of benzene rings is 2. The second-order valence-corrected chi connectivity index (χ2v) is 7.55. The number of carbonyl (C=O) groups excluding carboxylic acids is 1. The highest BCUT2D eigenvalue weighted by atomic mass is 35.5. The summed E-state index contributed by atoms with van der Waals surface area (Å²) in [5.41, 5.74) is 4.03. The van der Waals surface area contributed by atoms with Gasteiger partial charge in [-0.05, 0) is 18.6 Å². The SMILES string of the molecule is Cc1cc(C(=O)N(C)Cc2cn(Cc3ccccc3Cl)nc2-c2ccccc2)no1. The van der Waals surface area contributed by atoms with Crippen LogP contribution >= 0.6 is 11.6 Å². The monoisotopic (exact) mass is 420 g/mol. The summed E-state index contributed by atoms with van der Waals surface area (Å²) in [4.78, 5) is 14.3. The summed E-state index contributed by atoms with van der Waals surface area (Å²) in [5.74, 6) is 0.397. The van der Waals surface area contributed by atoms with E-state index in [9.17, 15) is 4.79 Å². The molecule has 0 saturated carbocycles. The Kier molecular flexibility index (Phi) is 5.68. The molecule has 0 aliphatic rings. The second-order valence-electron chi connectivity index (χ2n) is 7.14. The second kappa shape index (κ2) is 8.55. The first kappa shape index (κ1) is 19.9. The van der Waals surface area contributed by atoms with E-state index in [-0.39, 0.29) is 5.91 Å². The Morgan fingerprint density at radius 1 is 1.10 bits per heavy atom. The molecule has 2 heterocycles. The molecule has 0 spiro atoms. The lowest BCUT2D eigenvalue weighted by Gasteiger charge is -2.15. The average Bonchev–Trinajstić information content (AvgIpc) is 3.36. The fraction of sp³-hybridized carbons (Fsp3) is 0.174. The molecule has 0 aliphatic heterocycles. The van der Waals surface area contributed by atoms with Gasteiger partial charge in [0, 0.05) is 42.0 Å². The summed E-state index contributed by atoms with van der Waals surface area (Å²) in [6.45, 7) is 2.69. The fourth-order valence-corrected chi connectivity index (χ4v) is 3.49. The Morgan fingerprint density at radius 3 is 2.53 bits per heavy atom. The van der Waals surface area contributed by atoms with Gasteiger partial charge in [0.15, 0.2) is 5.69 Å². The fourth-order valence-electron chi connectivity index (χ4n) is 3.29. The van der Waals surface area contributed by atoms with Gasteiger partial charge in [-0.2, -0.15) is 5.10 Å². The van der Waals surface area contributed by atoms with Crippen LogP contribution in [-0.2, 0) is 13.1 Å². The van der Waals surface area contributed by atoms with Crippen LogP contribution < -0.4 is 0 Å². The molecule has 0 fully saturated rings. The average molecular weight is 421 g/mol. The standard InChI is InChI=1S/C23H21ClN4O2/c1-16-12-21(26-30-16)23(29)27(2)13-19-15-28(14-18-10-6-7-11-20(18)24)25-22(19)17-8-4-3-5-9-17/h3-12,15H,13-14H2,1-2H3. The van der Waals surface area contributed by atoms with Gasteiger partial charge in [0.1, 0.15) is 5.76 Å². The number of nitrogens with zero attached hydrogens (tertiary/aromatic N) is 4. The van der Waals surface area contributed by atoms with E-state index in [1.54, 1.807) is 24.9 Å². The molecule has 1 amide bonds. The van der Waals surface area contributed by atoms with Gasteiger partial charge in [-0.3, -0.25) is 9.48 Å². The molecule has 4 aromatic rings. The minimum absolute atomic E-state index is 0.204. The predicted octanol–water partition coefficient (Wildman–Crippen LogP) is 4.82. The molecule has 2 aromatic heterocycles. The molecule has 30 heavy (non-hydrogen) atoms. The third kappa shape index (κ3) is 4.28. The molecule has 152 valence electrons. The van der Waals surface area contributed by atoms with Gasteiger partial charge < -0.3 is 9.42 Å². The number of halogens is 1. The number of rotatable bonds is 6. The van der Waals surface area contributed by atoms with Crippen molar-refractivity contribution in [2.75, 3.05) is 7.05 Å². The van der Waals surface area contributed by atoms with Crippen LogP contribution in [0.1, 0.15) is 27.4 Å². The molecule has 0 unspecified atom stereocenters. The topological polar surface area (TPSA) is 64.2 Å². The summed E-state index contributed by atoms with van der Waals surface area (Å²) in [5, 5.41) is 9.32. The molecule has 7 heteroatoms. The van der Waals surface area contributed by atoms with E-state index >= 15 is 0 Å². The molecular weight excluding hydrogens is 400 g/mol. The third-order valence-electron chi connectivity index (χ3n) is 4.78. The van der Waals surface area contributed by atoms with Crippen LogP contribution in [0.4, 0.5) is 0 Å². The number of aromatic nitrogens is 3. The molecule has 0 radical (unpaired) electrons. The molecule has 0 N–H and O–H groups in total. The first-order valence-electron chi connectivity index (χ1n) is 9.55. The van der Waals surface area contributed by atoms with E-state index in [1.807, 2.05) is 65.5 Å². The van der Waals surface area contributed by atoms with E-state index in [0.717, 1.165) is 22.4 Å². The van der Waals surface area contributed by atoms with Gasteiger partial charge in [0.05, 0.1) is 12.2 Å². The lowest BCUT2D eigenvalue weighted by molar-refractivity contribution is 0.0775. The molecule has 0 saturated heterocycles. The molecular formula is C23H21ClN4O2. The van der Waals surface area contributed by atoms with Crippen LogP contribution in [0.15, 0.2) is 71.4 Å². The number of hydrogen-bond donors (Lipinski definition) is 0. The van der Waals surface area contributed by atoms with Crippen molar-refractivity contribution in [2.24, 2.45) is 0 Å². The van der Waals surface area contributed by atoms with Crippen LogP contribution in [-0.4, -0.2) is 32.8 Å². The Bertz CT molecular complexity index is 1170. The van der Waals surface area contributed by atoms with Crippen molar-refractivity contribution >= 4 is 17.5 Å². The molecule has 2 aromatic carbocycles. The Labute approximate surface area is 179 Å². The van der Waals surface area contributed by atoms with E-state index in [0.29, 0.717) is 29.6 Å². The molecule has 0 aliphatic carbocycles. The van der Waals surface area contributed by atoms with Gasteiger partial charge in [0.25, 0.3) is 5.91 Å². The lowest BCUT2D eigenvalue weighted by atomic mass is 10.1. The van der Waals surface area contributed by atoms with Gasteiger partial charge in [0.2, 0.25) is 0 Å². The summed E-state index contributed by atoms with van der Waals surface area (Å²) in [7, 11) is 1.74. The Morgan fingerprint density at radius 2 is 1.83 bits per heavy atom. The number of aryl methyl sites for hydroxylation is 1. The van der Waals surface area contributed by atoms with Gasteiger partial charge in [-0.1, -0.05) is 65.3 Å². The highest BCUT2D eigenvalue weighted by Gasteiger charge is 2.20. The van der Waals surface area contributed by atoms with Gasteiger partial charge >= 0.3 is 0 Å². The lowest BCUT2D eigenvalue weighted by Crippen LogP contribution is -2.26. The number of amides is 1. The Balaban J connectivity index is 1.64. The maximum absolute atomic E-state index is 12.7. The zero-order chi connectivity index (χ0) is 21.1. The number of hydrogen-bond acceptors (Lipinski definition) is 4.